The molecule has 0 atom stereocenters. The van der Waals surface area contributed by atoms with Gasteiger partial charge in [-0.2, -0.15) is 0 Å². The van der Waals surface area contributed by atoms with E-state index in [0.29, 0.717) is 0 Å². The van der Waals surface area contributed by atoms with Crippen molar-refractivity contribution in [3.05, 3.63) is 71.8 Å². The molecule has 1 aromatic heterocycles. The SMILES string of the molecule is COc1ccc(Cc2nncn2-c2cccc(C)c2)cc1. The zero-order chi connectivity index (χ0) is 14.7. The molecule has 0 unspecified atom stereocenters. The first-order valence-electron chi connectivity index (χ1n) is 6.85. The smallest absolute Gasteiger partial charge is 0.141 e. The molecule has 3 aromatic rings. The fourth-order valence-corrected chi connectivity index (χ4v) is 2.30. The predicted octanol–water partition coefficient (Wildman–Crippen LogP) is 3.18. The Bertz CT molecular complexity index is 732. The lowest BCUT2D eigenvalue weighted by atomic mass is 10.1. The van der Waals surface area contributed by atoms with Crippen molar-refractivity contribution in [2.24, 2.45) is 0 Å². The van der Waals surface area contributed by atoms with Crippen LogP contribution < -0.4 is 4.74 Å². The summed E-state index contributed by atoms with van der Waals surface area (Å²) in [5, 5.41) is 8.29. The van der Waals surface area contributed by atoms with Gasteiger partial charge in [-0.3, -0.25) is 4.57 Å². The number of hydrogen-bond acceptors (Lipinski definition) is 3. The zero-order valence-corrected chi connectivity index (χ0v) is 12.2. The molecule has 0 aliphatic heterocycles. The van der Waals surface area contributed by atoms with E-state index < -0.39 is 0 Å². The Morgan fingerprint density at radius 2 is 1.90 bits per heavy atom. The Balaban J connectivity index is 1.88. The number of rotatable bonds is 4. The second-order valence-corrected chi connectivity index (χ2v) is 4.98. The summed E-state index contributed by atoms with van der Waals surface area (Å²) in [7, 11) is 1.67. The summed E-state index contributed by atoms with van der Waals surface area (Å²) in [5.41, 5.74) is 3.48. The lowest BCUT2D eigenvalue weighted by Crippen LogP contribution is -2.01. The minimum atomic E-state index is 0.734. The molecule has 21 heavy (non-hydrogen) atoms. The van der Waals surface area contributed by atoms with Crippen molar-refractivity contribution < 1.29 is 4.74 Å². The molecule has 4 heteroatoms. The first-order valence-corrected chi connectivity index (χ1v) is 6.85. The van der Waals surface area contributed by atoms with Crippen LogP contribution in [0.15, 0.2) is 54.9 Å². The summed E-state index contributed by atoms with van der Waals surface area (Å²) in [6, 6.07) is 16.3. The maximum atomic E-state index is 5.18. The van der Waals surface area contributed by atoms with Gasteiger partial charge in [0.2, 0.25) is 0 Å². The van der Waals surface area contributed by atoms with Crippen LogP contribution in [0, 0.1) is 6.92 Å². The minimum absolute atomic E-state index is 0.734. The second kappa shape index (κ2) is 5.79. The highest BCUT2D eigenvalue weighted by Gasteiger charge is 2.07. The zero-order valence-electron chi connectivity index (χ0n) is 12.2. The molecule has 3 rings (SSSR count). The Hall–Kier alpha value is -2.62. The van der Waals surface area contributed by atoms with Crippen molar-refractivity contribution in [3.8, 4) is 11.4 Å². The molecule has 1 heterocycles. The average Bonchev–Trinajstić information content (AvgIpc) is 2.96. The van der Waals surface area contributed by atoms with E-state index in [1.807, 2.05) is 34.9 Å². The second-order valence-electron chi connectivity index (χ2n) is 4.98. The van der Waals surface area contributed by atoms with Gasteiger partial charge in [-0.1, -0.05) is 24.3 Å². The summed E-state index contributed by atoms with van der Waals surface area (Å²) >= 11 is 0. The van der Waals surface area contributed by atoms with Gasteiger partial charge in [0.25, 0.3) is 0 Å². The molecule has 0 radical (unpaired) electrons. The number of aromatic nitrogens is 3. The molecule has 0 saturated carbocycles. The third-order valence-corrected chi connectivity index (χ3v) is 3.42. The topological polar surface area (TPSA) is 39.9 Å². The van der Waals surface area contributed by atoms with E-state index in [1.54, 1.807) is 13.4 Å². The molecule has 4 nitrogen and oxygen atoms in total. The number of aryl methyl sites for hydroxylation is 1. The van der Waals surface area contributed by atoms with Crippen LogP contribution in [0.5, 0.6) is 5.75 Å². The van der Waals surface area contributed by atoms with Crippen LogP contribution in [0.3, 0.4) is 0 Å². The molecule has 0 aliphatic rings. The molecule has 0 N–H and O–H groups in total. The van der Waals surface area contributed by atoms with Gasteiger partial charge >= 0.3 is 0 Å². The first-order chi connectivity index (χ1) is 10.3. The third-order valence-electron chi connectivity index (χ3n) is 3.42. The summed E-state index contributed by atoms with van der Waals surface area (Å²) in [6.45, 7) is 2.08. The fraction of sp³-hybridized carbons (Fsp3) is 0.176. The van der Waals surface area contributed by atoms with Crippen LogP contribution in [-0.4, -0.2) is 21.9 Å². The van der Waals surface area contributed by atoms with E-state index in [-0.39, 0.29) is 0 Å². The summed E-state index contributed by atoms with van der Waals surface area (Å²) in [6.07, 6.45) is 2.49. The maximum absolute atomic E-state index is 5.18. The molecule has 0 aliphatic carbocycles. The van der Waals surface area contributed by atoms with Gasteiger partial charge < -0.3 is 4.74 Å². The van der Waals surface area contributed by atoms with Crippen molar-refractivity contribution in [1.29, 1.82) is 0 Å². The summed E-state index contributed by atoms with van der Waals surface area (Å²) < 4.78 is 7.20. The van der Waals surface area contributed by atoms with E-state index in [4.69, 9.17) is 4.74 Å². The molecule has 0 bridgehead atoms. The highest BCUT2D eigenvalue weighted by molar-refractivity contribution is 5.37. The largest absolute Gasteiger partial charge is 0.497 e. The number of hydrogen-bond donors (Lipinski definition) is 0. The highest BCUT2D eigenvalue weighted by Crippen LogP contribution is 2.16. The Labute approximate surface area is 124 Å². The Morgan fingerprint density at radius 1 is 1.10 bits per heavy atom. The Kier molecular flexibility index (Phi) is 3.69. The molecular formula is C17H17N3O. The van der Waals surface area contributed by atoms with Crippen LogP contribution in [-0.2, 0) is 6.42 Å². The molecule has 2 aromatic carbocycles. The number of benzene rings is 2. The fourth-order valence-electron chi connectivity index (χ4n) is 2.30. The number of methoxy groups -OCH3 is 1. The van der Waals surface area contributed by atoms with E-state index in [2.05, 4.69) is 35.3 Å². The lowest BCUT2D eigenvalue weighted by molar-refractivity contribution is 0.414. The van der Waals surface area contributed by atoms with E-state index in [9.17, 15) is 0 Å². The molecule has 0 fully saturated rings. The van der Waals surface area contributed by atoms with Crippen molar-refractivity contribution in [3.63, 3.8) is 0 Å². The van der Waals surface area contributed by atoms with E-state index in [1.165, 1.54) is 11.1 Å². The van der Waals surface area contributed by atoms with Gasteiger partial charge in [0, 0.05) is 12.1 Å². The number of nitrogens with zero attached hydrogens (tertiary/aromatic N) is 3. The van der Waals surface area contributed by atoms with Crippen molar-refractivity contribution in [2.45, 2.75) is 13.3 Å². The van der Waals surface area contributed by atoms with Crippen LogP contribution in [0.25, 0.3) is 5.69 Å². The van der Waals surface area contributed by atoms with Gasteiger partial charge in [0.1, 0.15) is 17.9 Å². The van der Waals surface area contributed by atoms with Crippen LogP contribution in [0.1, 0.15) is 17.0 Å². The van der Waals surface area contributed by atoms with Crippen molar-refractivity contribution in [2.75, 3.05) is 7.11 Å². The van der Waals surface area contributed by atoms with Crippen LogP contribution in [0.4, 0.5) is 0 Å². The molecular weight excluding hydrogens is 262 g/mol. The molecule has 0 saturated heterocycles. The molecule has 0 amide bonds. The van der Waals surface area contributed by atoms with Crippen LogP contribution in [0.2, 0.25) is 0 Å². The first kappa shape index (κ1) is 13.4. The van der Waals surface area contributed by atoms with Gasteiger partial charge in [-0.05, 0) is 42.3 Å². The van der Waals surface area contributed by atoms with E-state index >= 15 is 0 Å². The summed E-state index contributed by atoms with van der Waals surface area (Å²) in [5.74, 6) is 1.78. The normalized spacial score (nSPS) is 10.6. The average molecular weight is 279 g/mol. The van der Waals surface area contributed by atoms with Gasteiger partial charge in [0.05, 0.1) is 7.11 Å². The standard InChI is InChI=1S/C17H17N3O/c1-13-4-3-5-15(10-13)20-12-18-19-17(20)11-14-6-8-16(21-2)9-7-14/h3-10,12H,11H2,1-2H3. The Morgan fingerprint density at radius 3 is 2.62 bits per heavy atom. The van der Waals surface area contributed by atoms with Gasteiger partial charge in [-0.15, -0.1) is 10.2 Å². The maximum Gasteiger partial charge on any atom is 0.141 e. The monoisotopic (exact) mass is 279 g/mol. The molecule has 106 valence electrons. The minimum Gasteiger partial charge on any atom is -0.497 e. The lowest BCUT2D eigenvalue weighted by Gasteiger charge is -2.08. The van der Waals surface area contributed by atoms with Crippen molar-refractivity contribution in [1.82, 2.24) is 14.8 Å². The third kappa shape index (κ3) is 2.94. The quantitative estimate of drug-likeness (QED) is 0.736. The summed E-state index contributed by atoms with van der Waals surface area (Å²) in [4.78, 5) is 0. The highest BCUT2D eigenvalue weighted by atomic mass is 16.5. The predicted molar refractivity (Wildman–Crippen MR) is 81.9 cm³/mol. The molecule has 0 spiro atoms. The van der Waals surface area contributed by atoms with Gasteiger partial charge in [-0.25, -0.2) is 0 Å². The number of ether oxygens (including phenoxy) is 1. The van der Waals surface area contributed by atoms with Crippen LogP contribution >= 0.6 is 0 Å². The van der Waals surface area contributed by atoms with Crippen molar-refractivity contribution >= 4 is 0 Å². The van der Waals surface area contributed by atoms with E-state index in [0.717, 1.165) is 23.7 Å². The van der Waals surface area contributed by atoms with Gasteiger partial charge in [0.15, 0.2) is 0 Å².